The van der Waals surface area contributed by atoms with Crippen molar-refractivity contribution in [2.75, 3.05) is 0 Å². The summed E-state index contributed by atoms with van der Waals surface area (Å²) in [6, 6.07) is 6.90. The summed E-state index contributed by atoms with van der Waals surface area (Å²) in [6.07, 6.45) is 0. The molecule has 0 saturated carbocycles. The van der Waals surface area contributed by atoms with Crippen LogP contribution in [0.5, 0.6) is 0 Å². The van der Waals surface area contributed by atoms with Crippen molar-refractivity contribution < 1.29 is 12.8 Å². The maximum Gasteiger partial charge on any atom is 0.194 e. The summed E-state index contributed by atoms with van der Waals surface area (Å²) in [5, 5.41) is 5.06. The van der Waals surface area contributed by atoms with Gasteiger partial charge in [0, 0.05) is 5.54 Å². The fourth-order valence-corrected chi connectivity index (χ4v) is 3.98. The molecule has 6 heteroatoms. The average molecular weight is 313 g/mol. The molecule has 0 unspecified atom stereocenters. The Morgan fingerprint density at radius 3 is 2.50 bits per heavy atom. The van der Waals surface area contributed by atoms with E-state index < -0.39 is 9.84 Å². The lowest BCUT2D eigenvalue weighted by atomic mass is 10.1. The van der Waals surface area contributed by atoms with Gasteiger partial charge in [0.15, 0.2) is 9.84 Å². The molecule has 2 aromatic heterocycles. The number of rotatable bonds is 5. The Hall–Kier alpha value is -1.11. The zero-order valence-corrected chi connectivity index (χ0v) is 13.5. The van der Waals surface area contributed by atoms with Crippen LogP contribution in [0.4, 0.5) is 0 Å². The van der Waals surface area contributed by atoms with E-state index in [0.29, 0.717) is 16.5 Å². The average Bonchev–Trinajstić information content (AvgIpc) is 2.95. The quantitative estimate of drug-likeness (QED) is 0.921. The molecule has 4 nitrogen and oxygen atoms in total. The summed E-state index contributed by atoms with van der Waals surface area (Å²) in [4.78, 5) is 0. The number of hydrogen-bond acceptors (Lipinski definition) is 5. The van der Waals surface area contributed by atoms with Crippen molar-refractivity contribution in [2.24, 2.45) is 0 Å². The molecule has 0 spiro atoms. The first-order valence-corrected chi connectivity index (χ1v) is 8.88. The molecule has 0 aliphatic rings. The molecule has 0 amide bonds. The Labute approximate surface area is 123 Å². The van der Waals surface area contributed by atoms with Gasteiger partial charge in [0.2, 0.25) is 0 Å². The maximum absolute atomic E-state index is 12.1. The molecule has 2 aromatic rings. The van der Waals surface area contributed by atoms with E-state index in [1.807, 2.05) is 6.07 Å². The van der Waals surface area contributed by atoms with Crippen LogP contribution in [0, 0.1) is 0 Å². The Balaban J connectivity index is 2.03. The van der Waals surface area contributed by atoms with E-state index in [0.717, 1.165) is 5.76 Å². The molecule has 0 bridgehead atoms. The van der Waals surface area contributed by atoms with Crippen molar-refractivity contribution in [2.45, 2.75) is 42.8 Å². The van der Waals surface area contributed by atoms with E-state index in [1.165, 1.54) is 11.3 Å². The molecule has 0 saturated heterocycles. The van der Waals surface area contributed by atoms with Gasteiger partial charge < -0.3 is 9.73 Å². The van der Waals surface area contributed by atoms with E-state index in [-0.39, 0.29) is 11.3 Å². The minimum Gasteiger partial charge on any atom is -0.464 e. The first-order valence-electron chi connectivity index (χ1n) is 6.35. The number of sulfone groups is 1. The summed E-state index contributed by atoms with van der Waals surface area (Å²) >= 11 is 1.23. The van der Waals surface area contributed by atoms with Crippen molar-refractivity contribution in [3.05, 3.63) is 41.2 Å². The summed E-state index contributed by atoms with van der Waals surface area (Å²) in [5.41, 5.74) is -0.00397. The lowest BCUT2D eigenvalue weighted by Crippen LogP contribution is -2.34. The lowest BCUT2D eigenvalue weighted by Gasteiger charge is -2.19. The molecule has 0 aromatic carbocycles. The van der Waals surface area contributed by atoms with Gasteiger partial charge in [-0.15, -0.1) is 11.3 Å². The monoisotopic (exact) mass is 313 g/mol. The van der Waals surface area contributed by atoms with Crippen LogP contribution in [0.1, 0.15) is 32.3 Å². The van der Waals surface area contributed by atoms with Crippen LogP contribution in [0.25, 0.3) is 0 Å². The molecule has 0 aliphatic carbocycles. The van der Waals surface area contributed by atoms with E-state index >= 15 is 0 Å². The van der Waals surface area contributed by atoms with Crippen LogP contribution in [0.3, 0.4) is 0 Å². The zero-order chi connectivity index (χ0) is 14.8. The molecule has 1 N–H and O–H groups in total. The second-order valence-corrected chi connectivity index (χ2v) is 8.83. The standard InChI is InChI=1S/C14H19NO3S2/c1-14(2,3)15-9-11-6-7-12(18-11)10-20(16,17)13-5-4-8-19-13/h4-8,15H,9-10H2,1-3H3. The second-order valence-electron chi connectivity index (χ2n) is 5.66. The van der Waals surface area contributed by atoms with Crippen LogP contribution in [0.2, 0.25) is 0 Å². The highest BCUT2D eigenvalue weighted by Crippen LogP contribution is 2.22. The smallest absolute Gasteiger partial charge is 0.194 e. The SMILES string of the molecule is CC(C)(C)NCc1ccc(CS(=O)(=O)c2cccs2)o1. The van der Waals surface area contributed by atoms with Gasteiger partial charge >= 0.3 is 0 Å². The van der Waals surface area contributed by atoms with Crippen molar-refractivity contribution >= 4 is 21.2 Å². The minimum atomic E-state index is -3.30. The van der Waals surface area contributed by atoms with Crippen molar-refractivity contribution in [1.29, 1.82) is 0 Å². The number of nitrogens with one attached hydrogen (secondary N) is 1. The van der Waals surface area contributed by atoms with Crippen LogP contribution in [-0.2, 0) is 22.1 Å². The number of thiophene rings is 1. The van der Waals surface area contributed by atoms with E-state index in [2.05, 4.69) is 26.1 Å². The van der Waals surface area contributed by atoms with Crippen LogP contribution < -0.4 is 5.32 Å². The molecule has 0 radical (unpaired) electrons. The predicted molar refractivity (Wildman–Crippen MR) is 80.5 cm³/mol. The van der Waals surface area contributed by atoms with Gasteiger partial charge in [-0.2, -0.15) is 0 Å². The summed E-state index contributed by atoms with van der Waals surface area (Å²) < 4.78 is 30.2. The fraction of sp³-hybridized carbons (Fsp3) is 0.429. The summed E-state index contributed by atoms with van der Waals surface area (Å²) in [7, 11) is -3.30. The zero-order valence-electron chi connectivity index (χ0n) is 11.8. The second kappa shape index (κ2) is 5.71. The Morgan fingerprint density at radius 1 is 1.20 bits per heavy atom. The van der Waals surface area contributed by atoms with E-state index in [9.17, 15) is 8.42 Å². The molecule has 0 aliphatic heterocycles. The molecule has 20 heavy (non-hydrogen) atoms. The fourth-order valence-electron chi connectivity index (χ4n) is 1.65. The third kappa shape index (κ3) is 4.19. The van der Waals surface area contributed by atoms with Gasteiger partial charge in [0.25, 0.3) is 0 Å². The number of furan rings is 1. The molecule has 2 heterocycles. The summed E-state index contributed by atoms with van der Waals surface area (Å²) in [6.45, 7) is 6.79. The van der Waals surface area contributed by atoms with Gasteiger partial charge in [0.1, 0.15) is 21.5 Å². The first-order chi connectivity index (χ1) is 9.26. The lowest BCUT2D eigenvalue weighted by molar-refractivity contribution is 0.381. The minimum absolute atomic E-state index is 0.00397. The van der Waals surface area contributed by atoms with Crippen molar-refractivity contribution in [3.63, 3.8) is 0 Å². The third-order valence-corrected chi connectivity index (χ3v) is 5.77. The highest BCUT2D eigenvalue weighted by molar-refractivity contribution is 7.92. The van der Waals surface area contributed by atoms with Crippen molar-refractivity contribution in [1.82, 2.24) is 5.32 Å². The number of hydrogen-bond donors (Lipinski definition) is 1. The molecule has 0 fully saturated rings. The normalized spacial score (nSPS) is 12.8. The van der Waals surface area contributed by atoms with Gasteiger partial charge in [-0.1, -0.05) is 6.07 Å². The Bertz CT molecular complexity index is 649. The van der Waals surface area contributed by atoms with Gasteiger partial charge in [-0.05, 0) is 44.4 Å². The molecule has 0 atom stereocenters. The highest BCUT2D eigenvalue weighted by atomic mass is 32.2. The van der Waals surface area contributed by atoms with Crippen LogP contribution in [-0.4, -0.2) is 14.0 Å². The molecular formula is C14H19NO3S2. The topological polar surface area (TPSA) is 59.3 Å². The van der Waals surface area contributed by atoms with Crippen LogP contribution >= 0.6 is 11.3 Å². The maximum atomic E-state index is 12.1. The Morgan fingerprint density at radius 2 is 1.90 bits per heavy atom. The molecular weight excluding hydrogens is 294 g/mol. The highest BCUT2D eigenvalue weighted by Gasteiger charge is 2.19. The molecule has 110 valence electrons. The largest absolute Gasteiger partial charge is 0.464 e. The third-order valence-electron chi connectivity index (χ3n) is 2.64. The molecule has 2 rings (SSSR count). The van der Waals surface area contributed by atoms with E-state index in [1.54, 1.807) is 23.6 Å². The van der Waals surface area contributed by atoms with Crippen LogP contribution in [0.15, 0.2) is 38.3 Å². The van der Waals surface area contributed by atoms with Gasteiger partial charge in [-0.3, -0.25) is 0 Å². The predicted octanol–water partition coefficient (Wildman–Crippen LogP) is 3.20. The van der Waals surface area contributed by atoms with Crippen molar-refractivity contribution in [3.8, 4) is 0 Å². The first kappa shape index (κ1) is 15.3. The van der Waals surface area contributed by atoms with E-state index in [4.69, 9.17) is 4.42 Å². The summed E-state index contributed by atoms with van der Waals surface area (Å²) in [5.74, 6) is 1.13. The van der Waals surface area contributed by atoms with Gasteiger partial charge in [-0.25, -0.2) is 8.42 Å². The van der Waals surface area contributed by atoms with Gasteiger partial charge in [0.05, 0.1) is 6.54 Å². The Kier molecular flexibility index (Phi) is 4.36.